The Bertz CT molecular complexity index is 468. The molecule has 0 atom stereocenters. The van der Waals surface area contributed by atoms with E-state index in [1.165, 1.54) is 5.56 Å². The highest BCUT2D eigenvalue weighted by molar-refractivity contribution is 5.77. The van der Waals surface area contributed by atoms with Crippen LogP contribution in [0, 0.1) is 13.8 Å². The third kappa shape index (κ3) is 3.95. The summed E-state index contributed by atoms with van der Waals surface area (Å²) in [4.78, 5) is 14.1. The number of hydrogen-bond acceptors (Lipinski definition) is 4. The highest BCUT2D eigenvalue weighted by Crippen LogP contribution is 2.20. The highest BCUT2D eigenvalue weighted by Gasteiger charge is 2.16. The van der Waals surface area contributed by atoms with Crippen LogP contribution in [0.15, 0.2) is 18.2 Å². The van der Waals surface area contributed by atoms with E-state index < -0.39 is 0 Å². The number of ether oxygens (including phenoxy) is 1. The quantitative estimate of drug-likeness (QED) is 0.890. The number of hydrazine groups is 1. The molecule has 1 heterocycles. The lowest BCUT2D eigenvalue weighted by Crippen LogP contribution is -2.53. The predicted octanol–water partition coefficient (Wildman–Crippen LogP) is 0.961. The normalized spacial score (nSPS) is 16.9. The molecule has 20 heavy (non-hydrogen) atoms. The van der Waals surface area contributed by atoms with E-state index in [9.17, 15) is 4.79 Å². The summed E-state index contributed by atoms with van der Waals surface area (Å²) in [5.41, 5.74) is 5.14. The molecule has 1 aromatic rings. The summed E-state index contributed by atoms with van der Waals surface area (Å²) in [6.07, 6.45) is 0. The van der Waals surface area contributed by atoms with Crippen molar-refractivity contribution in [2.24, 2.45) is 0 Å². The molecule has 1 saturated heterocycles. The van der Waals surface area contributed by atoms with Crippen molar-refractivity contribution in [3.05, 3.63) is 29.3 Å². The first kappa shape index (κ1) is 14.8. The minimum absolute atomic E-state index is 0.0522. The van der Waals surface area contributed by atoms with Crippen molar-refractivity contribution in [2.45, 2.75) is 13.8 Å². The topological polar surface area (TPSA) is 44.8 Å². The van der Waals surface area contributed by atoms with E-state index >= 15 is 0 Å². The van der Waals surface area contributed by atoms with E-state index in [1.807, 2.05) is 37.1 Å². The second-order valence-corrected chi connectivity index (χ2v) is 5.31. The Hall–Kier alpha value is -1.59. The van der Waals surface area contributed by atoms with Crippen molar-refractivity contribution in [3.63, 3.8) is 0 Å². The molecule has 110 valence electrons. The van der Waals surface area contributed by atoms with Crippen LogP contribution in [0.3, 0.4) is 0 Å². The average Bonchev–Trinajstić information content (AvgIpc) is 2.43. The third-order valence-electron chi connectivity index (χ3n) is 3.70. The van der Waals surface area contributed by atoms with Gasteiger partial charge in [0.2, 0.25) is 0 Å². The minimum atomic E-state index is -0.101. The molecule has 5 heteroatoms. The van der Waals surface area contributed by atoms with Crippen molar-refractivity contribution in [1.82, 2.24) is 15.3 Å². The number of nitrogens with zero attached hydrogens (tertiary/aromatic N) is 2. The first-order chi connectivity index (χ1) is 9.56. The molecule has 0 aliphatic carbocycles. The molecular weight excluding hydrogens is 254 g/mol. The van der Waals surface area contributed by atoms with Crippen LogP contribution in [0.2, 0.25) is 0 Å². The molecular formula is C15H23N3O2. The molecule has 2 rings (SSSR count). The van der Waals surface area contributed by atoms with Gasteiger partial charge in [0.05, 0.1) is 0 Å². The standard InChI is InChI=1S/C15H23N3O2/c1-12-5-4-6-14(13(12)2)20-11-15(19)16-18-9-7-17(3)8-10-18/h4-6H,7-11H2,1-3H3,(H,16,19). The van der Waals surface area contributed by atoms with Gasteiger partial charge < -0.3 is 9.64 Å². The third-order valence-corrected chi connectivity index (χ3v) is 3.70. The Morgan fingerprint density at radius 3 is 2.65 bits per heavy atom. The summed E-state index contributed by atoms with van der Waals surface area (Å²) in [5, 5.41) is 1.95. The molecule has 5 nitrogen and oxygen atoms in total. The number of rotatable bonds is 4. The molecule has 1 N–H and O–H groups in total. The molecule has 1 amide bonds. The smallest absolute Gasteiger partial charge is 0.272 e. The first-order valence-corrected chi connectivity index (χ1v) is 6.98. The predicted molar refractivity (Wildman–Crippen MR) is 78.6 cm³/mol. The number of likely N-dealkylation sites (N-methyl/N-ethyl adjacent to an activating group) is 1. The van der Waals surface area contributed by atoms with Crippen molar-refractivity contribution >= 4 is 5.91 Å². The van der Waals surface area contributed by atoms with Gasteiger partial charge in [-0.05, 0) is 38.1 Å². The Morgan fingerprint density at radius 1 is 1.25 bits per heavy atom. The highest BCUT2D eigenvalue weighted by atomic mass is 16.5. The van der Waals surface area contributed by atoms with E-state index in [0.717, 1.165) is 37.5 Å². The zero-order valence-electron chi connectivity index (χ0n) is 12.5. The van der Waals surface area contributed by atoms with Crippen LogP contribution >= 0.6 is 0 Å². The van der Waals surface area contributed by atoms with Crippen LogP contribution in [-0.4, -0.2) is 55.6 Å². The van der Waals surface area contributed by atoms with Crippen LogP contribution in [0.1, 0.15) is 11.1 Å². The lowest BCUT2D eigenvalue weighted by Gasteiger charge is -2.32. The van der Waals surface area contributed by atoms with E-state index in [-0.39, 0.29) is 12.5 Å². The second-order valence-electron chi connectivity index (χ2n) is 5.31. The fraction of sp³-hybridized carbons (Fsp3) is 0.533. The van der Waals surface area contributed by atoms with Gasteiger partial charge in [-0.2, -0.15) is 0 Å². The Morgan fingerprint density at radius 2 is 1.95 bits per heavy atom. The summed E-state index contributed by atoms with van der Waals surface area (Å²) < 4.78 is 5.59. The summed E-state index contributed by atoms with van der Waals surface area (Å²) in [6, 6.07) is 5.87. The van der Waals surface area contributed by atoms with Gasteiger partial charge in [0.15, 0.2) is 6.61 Å². The largest absolute Gasteiger partial charge is 0.483 e. The molecule has 0 saturated carbocycles. The fourth-order valence-electron chi connectivity index (χ4n) is 2.15. The van der Waals surface area contributed by atoms with Crippen molar-refractivity contribution in [2.75, 3.05) is 39.8 Å². The molecule has 1 fully saturated rings. The molecule has 1 aliphatic rings. The molecule has 0 aromatic heterocycles. The second kappa shape index (κ2) is 6.72. The first-order valence-electron chi connectivity index (χ1n) is 6.98. The fourth-order valence-corrected chi connectivity index (χ4v) is 2.15. The van der Waals surface area contributed by atoms with Crippen molar-refractivity contribution in [3.8, 4) is 5.75 Å². The molecule has 0 spiro atoms. The van der Waals surface area contributed by atoms with Gasteiger partial charge in [0.1, 0.15) is 5.75 Å². The molecule has 1 aliphatic heterocycles. The lowest BCUT2D eigenvalue weighted by molar-refractivity contribution is -0.128. The van der Waals surface area contributed by atoms with E-state index in [4.69, 9.17) is 4.74 Å². The van der Waals surface area contributed by atoms with Crippen LogP contribution in [0.5, 0.6) is 5.75 Å². The number of aryl methyl sites for hydroxylation is 1. The molecule has 1 aromatic carbocycles. The Balaban J connectivity index is 1.79. The minimum Gasteiger partial charge on any atom is -0.483 e. The average molecular weight is 277 g/mol. The zero-order valence-corrected chi connectivity index (χ0v) is 12.5. The number of nitrogens with one attached hydrogen (secondary N) is 1. The van der Waals surface area contributed by atoms with Gasteiger partial charge in [-0.3, -0.25) is 10.2 Å². The van der Waals surface area contributed by atoms with Gasteiger partial charge in [-0.15, -0.1) is 0 Å². The maximum absolute atomic E-state index is 11.9. The van der Waals surface area contributed by atoms with Gasteiger partial charge in [0.25, 0.3) is 5.91 Å². The van der Waals surface area contributed by atoms with E-state index in [2.05, 4.69) is 17.4 Å². The maximum atomic E-state index is 11.9. The number of benzene rings is 1. The summed E-state index contributed by atoms with van der Waals surface area (Å²) in [7, 11) is 2.09. The van der Waals surface area contributed by atoms with Gasteiger partial charge in [0, 0.05) is 26.2 Å². The lowest BCUT2D eigenvalue weighted by atomic mass is 10.1. The van der Waals surface area contributed by atoms with Crippen LogP contribution < -0.4 is 10.2 Å². The Kier molecular flexibility index (Phi) is 4.98. The summed E-state index contributed by atoms with van der Waals surface area (Å²) in [5.74, 6) is 0.675. The van der Waals surface area contributed by atoms with Gasteiger partial charge in [-0.1, -0.05) is 12.1 Å². The number of amides is 1. The van der Waals surface area contributed by atoms with E-state index in [0.29, 0.717) is 0 Å². The van der Waals surface area contributed by atoms with Crippen LogP contribution in [-0.2, 0) is 4.79 Å². The number of carbonyl (C=O) groups is 1. The van der Waals surface area contributed by atoms with Gasteiger partial charge >= 0.3 is 0 Å². The van der Waals surface area contributed by atoms with Gasteiger partial charge in [-0.25, -0.2) is 5.01 Å². The van der Waals surface area contributed by atoms with E-state index in [1.54, 1.807) is 0 Å². The number of carbonyl (C=O) groups excluding carboxylic acids is 1. The monoisotopic (exact) mass is 277 g/mol. The molecule has 0 unspecified atom stereocenters. The van der Waals surface area contributed by atoms with Crippen LogP contribution in [0.4, 0.5) is 0 Å². The van der Waals surface area contributed by atoms with Crippen molar-refractivity contribution < 1.29 is 9.53 Å². The molecule has 0 radical (unpaired) electrons. The molecule has 0 bridgehead atoms. The van der Waals surface area contributed by atoms with Crippen LogP contribution in [0.25, 0.3) is 0 Å². The maximum Gasteiger partial charge on any atom is 0.272 e. The Labute approximate surface area is 120 Å². The summed E-state index contributed by atoms with van der Waals surface area (Å²) >= 11 is 0. The number of hydrogen-bond donors (Lipinski definition) is 1. The number of piperazine rings is 1. The zero-order chi connectivity index (χ0) is 14.5. The SMILES string of the molecule is Cc1cccc(OCC(=O)NN2CCN(C)CC2)c1C. The summed E-state index contributed by atoms with van der Waals surface area (Å²) in [6.45, 7) is 7.74. The van der Waals surface area contributed by atoms with Crippen molar-refractivity contribution in [1.29, 1.82) is 0 Å².